The number of nitrogens with two attached hydrogens (primary N) is 1. The molecule has 0 saturated carbocycles. The largest absolute Gasteiger partial charge is 1.00 e. The van der Waals surface area contributed by atoms with Crippen LogP contribution in [0.5, 0.6) is 0 Å². The van der Waals surface area contributed by atoms with Gasteiger partial charge in [0.15, 0.2) is 0 Å². The molecular formula is C36H61Cl3N2O8S2-2. The molecule has 0 saturated heterocycles. The predicted molar refractivity (Wildman–Crippen MR) is 221 cm³/mol. The number of aryl methyl sites for hydroxylation is 2. The molecule has 5 aromatic carbocycles. The predicted octanol–water partition coefficient (Wildman–Crippen LogP) is -3.18. The number of para-hydroxylation sites is 1. The average Bonchev–Trinajstić information content (AvgIpc) is 2.93. The molecule has 0 unspecified atom stereocenters. The van der Waals surface area contributed by atoms with Crippen LogP contribution < -0.4 is 36.7 Å². The zero-order valence-electron chi connectivity index (χ0n) is 28.9. The third-order valence-electron chi connectivity index (χ3n) is 6.62. The molecule has 10 nitrogen and oxygen atoms in total. The van der Waals surface area contributed by atoms with Gasteiger partial charge in [-0.15, -0.1) is 12.4 Å². The van der Waals surface area contributed by atoms with Crippen LogP contribution in [0.15, 0.2) is 127 Å². The summed E-state index contributed by atoms with van der Waals surface area (Å²) in [6.45, 7) is 4.33. The maximum absolute atomic E-state index is 5.36. The Bertz CT molecular complexity index is 1400. The molecule has 0 atom stereocenters. The monoisotopic (exact) mass is 818 g/mol. The highest BCUT2D eigenvalue weighted by molar-refractivity contribution is 7.59. The van der Waals surface area contributed by atoms with Crippen molar-refractivity contribution in [2.75, 3.05) is 5.73 Å². The first-order chi connectivity index (χ1) is 18.1. The van der Waals surface area contributed by atoms with Gasteiger partial charge in [0.1, 0.15) is 0 Å². The van der Waals surface area contributed by atoms with E-state index < -0.39 is 0 Å². The Balaban J connectivity index is -0.0000000769. The van der Waals surface area contributed by atoms with Crippen molar-refractivity contribution in [2.24, 2.45) is 0 Å². The summed E-state index contributed by atoms with van der Waals surface area (Å²) in [6, 6.07) is 45.5. The van der Waals surface area contributed by atoms with Gasteiger partial charge in [0.2, 0.25) is 0 Å². The number of halogens is 3. The molecule has 298 valence electrons. The first-order valence-electron chi connectivity index (χ1n) is 13.2. The fourth-order valence-electron chi connectivity index (χ4n) is 4.31. The second-order valence-electron chi connectivity index (χ2n) is 9.73. The van der Waals surface area contributed by atoms with Gasteiger partial charge >= 0.3 is 0 Å². The van der Waals surface area contributed by atoms with E-state index in [0.717, 1.165) is 31.4 Å². The lowest BCUT2D eigenvalue weighted by molar-refractivity contribution is -0.00100. The Morgan fingerprint density at radius 3 is 0.804 bits per heavy atom. The number of benzene rings is 5. The Morgan fingerprint density at radius 1 is 0.392 bits per heavy atom. The number of nitrogen functional groups attached to an aromatic ring is 1. The minimum absolute atomic E-state index is 0. The molecule has 0 heterocycles. The third-order valence-corrected chi connectivity index (χ3v) is 6.62. The second-order valence-corrected chi connectivity index (χ2v) is 9.73. The second kappa shape index (κ2) is 41.5. The van der Waals surface area contributed by atoms with Crippen LogP contribution in [-0.4, -0.2) is 43.8 Å². The summed E-state index contributed by atoms with van der Waals surface area (Å²) in [7, 11) is 0. The van der Waals surface area contributed by atoms with Gasteiger partial charge in [0.25, 0.3) is 0 Å². The van der Waals surface area contributed by atoms with Crippen molar-refractivity contribution in [1.29, 1.82) is 0 Å². The van der Waals surface area contributed by atoms with Gasteiger partial charge < -0.3 is 80.5 Å². The quantitative estimate of drug-likeness (QED) is 0.161. The van der Waals surface area contributed by atoms with E-state index in [-0.39, 0.29) is 114 Å². The molecule has 15 heteroatoms. The van der Waals surface area contributed by atoms with Crippen molar-refractivity contribution in [3.8, 4) is 0 Å². The molecule has 5 aromatic rings. The number of anilines is 1. The minimum Gasteiger partial charge on any atom is -1.00 e. The van der Waals surface area contributed by atoms with Gasteiger partial charge in [0.05, 0.1) is 0 Å². The van der Waals surface area contributed by atoms with E-state index >= 15 is 0 Å². The van der Waals surface area contributed by atoms with Crippen molar-refractivity contribution in [2.45, 2.75) is 39.5 Å². The van der Waals surface area contributed by atoms with E-state index in [1.54, 1.807) is 0 Å². The first-order valence-corrected chi connectivity index (χ1v) is 13.2. The molecule has 0 aliphatic rings. The lowest BCUT2D eigenvalue weighted by Crippen LogP contribution is -3.00. The lowest BCUT2D eigenvalue weighted by Gasteiger charge is -2.07. The maximum atomic E-state index is 5.36. The Labute approximate surface area is 335 Å². The highest BCUT2D eigenvalue weighted by Gasteiger charge is 2.02. The molecule has 0 amide bonds. The van der Waals surface area contributed by atoms with Gasteiger partial charge in [-0.2, -0.15) is 27.0 Å². The van der Waals surface area contributed by atoms with Crippen LogP contribution in [0.25, 0.3) is 0 Å². The summed E-state index contributed by atoms with van der Waals surface area (Å²) < 4.78 is 0. The number of rotatable bonds is 7. The van der Waals surface area contributed by atoms with Crippen LogP contribution in [0.2, 0.25) is 0 Å². The fourth-order valence-corrected chi connectivity index (χ4v) is 4.31. The summed E-state index contributed by atoms with van der Waals surface area (Å²) in [5.41, 5.74) is 17.1. The molecule has 0 aliphatic carbocycles. The molecule has 0 spiro atoms. The van der Waals surface area contributed by atoms with Crippen LogP contribution in [0, 0.1) is 6.92 Å². The van der Waals surface area contributed by atoms with Crippen molar-refractivity contribution in [3.63, 3.8) is 0 Å². The highest BCUT2D eigenvalue weighted by atomic mass is 35.5. The Hall–Kier alpha value is -2.89. The Morgan fingerprint density at radius 2 is 0.608 bits per heavy atom. The summed E-state index contributed by atoms with van der Waals surface area (Å²) in [5, 5.41) is 0. The standard InChI is InChI=1S/C30H30.C6H7N.3ClH.H3N.8H2O.2H2S/c1-3-24-8-10-26(11-9-24)21-28-16-18-30(19-17-28)22-29-14-12-27(13-15-29)20-25-6-4-23(2)5-7-25;7-6-4-2-1-3-5-6;;;;;;;;;;;;;;/h4-19H,3,20-22H2,1-2H3;1-5H,7H2;3*1H;1H3;10*1H2/p-2. The van der Waals surface area contributed by atoms with E-state index in [9.17, 15) is 0 Å². The van der Waals surface area contributed by atoms with Crippen molar-refractivity contribution in [1.82, 2.24) is 6.15 Å². The highest BCUT2D eigenvalue weighted by Crippen LogP contribution is 2.17. The smallest absolute Gasteiger partial charge is 0.0313 e. The van der Waals surface area contributed by atoms with Gasteiger partial charge in [-0.3, -0.25) is 0 Å². The molecular weight excluding hydrogens is 759 g/mol. The van der Waals surface area contributed by atoms with Gasteiger partial charge in [-0.25, -0.2) is 0 Å². The summed E-state index contributed by atoms with van der Waals surface area (Å²) in [6.07, 6.45) is 4.07. The van der Waals surface area contributed by atoms with E-state index in [0.29, 0.717) is 0 Å². The van der Waals surface area contributed by atoms with Crippen LogP contribution in [0.3, 0.4) is 0 Å². The van der Waals surface area contributed by atoms with Crippen LogP contribution >= 0.6 is 39.4 Å². The Kier molecular flexibility index (Phi) is 63.1. The molecule has 21 N–H and O–H groups in total. The lowest BCUT2D eigenvalue weighted by atomic mass is 9.98. The van der Waals surface area contributed by atoms with Crippen LogP contribution in [0.1, 0.15) is 51.4 Å². The molecule has 0 radical (unpaired) electrons. The van der Waals surface area contributed by atoms with E-state index in [2.05, 4.69) is 111 Å². The molecule has 0 fully saturated rings. The normalized spacial score (nSPS) is 7.57. The van der Waals surface area contributed by atoms with Crippen LogP contribution in [0.4, 0.5) is 5.69 Å². The number of hydrogen-bond donors (Lipinski definition) is 2. The molecule has 0 aromatic heterocycles. The molecule has 5 rings (SSSR count). The summed E-state index contributed by atoms with van der Waals surface area (Å²) in [4.78, 5) is 0. The summed E-state index contributed by atoms with van der Waals surface area (Å²) >= 11 is 0. The molecule has 0 bridgehead atoms. The van der Waals surface area contributed by atoms with E-state index in [1.807, 2.05) is 30.3 Å². The van der Waals surface area contributed by atoms with Crippen LogP contribution in [-0.2, 0) is 25.7 Å². The summed E-state index contributed by atoms with van der Waals surface area (Å²) in [5.74, 6) is 0. The van der Waals surface area contributed by atoms with Crippen molar-refractivity contribution < 1.29 is 68.6 Å². The topological polar surface area (TPSA) is 313 Å². The van der Waals surface area contributed by atoms with Crippen molar-refractivity contribution in [3.05, 3.63) is 172 Å². The maximum Gasteiger partial charge on any atom is 0.0313 e. The average molecular weight is 820 g/mol. The van der Waals surface area contributed by atoms with Gasteiger partial charge in [-0.1, -0.05) is 128 Å². The van der Waals surface area contributed by atoms with Gasteiger partial charge in [0, 0.05) is 5.69 Å². The number of hydrogen-bond acceptors (Lipinski definition) is 2. The first kappa shape index (κ1) is 77.5. The third kappa shape index (κ3) is 27.4. The minimum atomic E-state index is 0. The molecule has 0 aliphatic heterocycles. The van der Waals surface area contributed by atoms with Gasteiger partial charge in [-0.05, 0) is 83.7 Å². The van der Waals surface area contributed by atoms with Crippen molar-refractivity contribution >= 4 is 45.1 Å². The zero-order chi connectivity index (χ0) is 25.9. The van der Waals surface area contributed by atoms with E-state index in [4.69, 9.17) is 5.73 Å². The fraction of sp³-hybridized carbons (Fsp3) is 0.167. The van der Waals surface area contributed by atoms with E-state index in [1.165, 1.54) is 44.5 Å². The SMILES string of the molecule is CCc1ccc(Cc2ccc(Cc3ccc(Cc4ccc(C)cc4)cc3)cc2)cc1.Cl.N.Nc1ccccc1.O.O.O.O.O.O.O.O.S.S.[Cl-].[Cl-]. The zero-order valence-corrected chi connectivity index (χ0v) is 33.2. The molecule has 51 heavy (non-hydrogen) atoms.